The number of fused-ring (bicyclic) bond motifs is 2. The van der Waals surface area contributed by atoms with Gasteiger partial charge in [0.2, 0.25) is 0 Å². The van der Waals surface area contributed by atoms with E-state index < -0.39 is 5.97 Å². The lowest BCUT2D eigenvalue weighted by molar-refractivity contribution is -0.135. The molecule has 122 valence electrons. The molecule has 1 aliphatic heterocycles. The van der Waals surface area contributed by atoms with Crippen molar-refractivity contribution in [2.24, 2.45) is 0 Å². The van der Waals surface area contributed by atoms with Crippen LogP contribution in [-0.2, 0) is 11.2 Å². The molecule has 2 aromatic carbocycles. The summed E-state index contributed by atoms with van der Waals surface area (Å²) in [7, 11) is 0. The van der Waals surface area contributed by atoms with E-state index in [1.807, 2.05) is 23.1 Å². The third kappa shape index (κ3) is 2.73. The van der Waals surface area contributed by atoms with Gasteiger partial charge in [-0.15, -0.1) is 11.3 Å². The van der Waals surface area contributed by atoms with Crippen molar-refractivity contribution in [1.29, 1.82) is 0 Å². The van der Waals surface area contributed by atoms with Crippen LogP contribution < -0.4 is 4.90 Å². The fourth-order valence-corrected chi connectivity index (χ4v) is 4.34. The maximum atomic E-state index is 13.3. The fourth-order valence-electron chi connectivity index (χ4n) is 3.32. The van der Waals surface area contributed by atoms with Crippen molar-refractivity contribution in [3.8, 4) is 0 Å². The van der Waals surface area contributed by atoms with Crippen molar-refractivity contribution in [3.05, 3.63) is 58.9 Å². The lowest BCUT2D eigenvalue weighted by atomic mass is 9.98. The zero-order valence-corrected chi connectivity index (χ0v) is 13.6. The Balaban J connectivity index is 1.63. The molecular weight excluding hydrogens is 327 g/mol. The summed E-state index contributed by atoms with van der Waals surface area (Å²) in [6, 6.07) is 12.6. The number of aliphatic carboxylic acids is 1. The minimum atomic E-state index is -0.832. The van der Waals surface area contributed by atoms with Gasteiger partial charge in [-0.05, 0) is 23.8 Å². The number of para-hydroxylation sites is 1. The van der Waals surface area contributed by atoms with Crippen LogP contribution in [0.25, 0.3) is 10.2 Å². The van der Waals surface area contributed by atoms with Gasteiger partial charge in [0, 0.05) is 30.6 Å². The van der Waals surface area contributed by atoms with E-state index >= 15 is 0 Å². The van der Waals surface area contributed by atoms with Gasteiger partial charge in [-0.1, -0.05) is 18.2 Å². The second-order valence-electron chi connectivity index (χ2n) is 5.95. The number of carboxylic acids is 1. The predicted octanol–water partition coefficient (Wildman–Crippen LogP) is 3.67. The van der Waals surface area contributed by atoms with Crippen molar-refractivity contribution >= 4 is 33.2 Å². The van der Waals surface area contributed by atoms with Gasteiger partial charge in [0.1, 0.15) is 12.4 Å². The number of benzene rings is 2. The number of aromatic nitrogens is 1. The number of carbonyl (C=O) groups is 1. The summed E-state index contributed by atoms with van der Waals surface area (Å²) in [5.41, 5.74) is 2.82. The third-order valence-corrected chi connectivity index (χ3v) is 5.36. The topological polar surface area (TPSA) is 53.4 Å². The molecule has 0 amide bonds. The number of thiazole rings is 1. The van der Waals surface area contributed by atoms with Crippen LogP contribution in [0.3, 0.4) is 0 Å². The third-order valence-electron chi connectivity index (χ3n) is 4.30. The van der Waals surface area contributed by atoms with Gasteiger partial charge in [0.15, 0.2) is 0 Å². The first-order valence-electron chi connectivity index (χ1n) is 7.71. The monoisotopic (exact) mass is 342 g/mol. The molecule has 0 bridgehead atoms. The summed E-state index contributed by atoms with van der Waals surface area (Å²) in [5, 5.41) is 10.1. The largest absolute Gasteiger partial charge is 0.480 e. The number of halogens is 1. The highest BCUT2D eigenvalue weighted by atomic mass is 32.1. The second kappa shape index (κ2) is 5.87. The predicted molar refractivity (Wildman–Crippen MR) is 92.3 cm³/mol. The van der Waals surface area contributed by atoms with Crippen LogP contribution in [0.4, 0.5) is 10.1 Å². The lowest BCUT2D eigenvalue weighted by Gasteiger charge is -2.16. The average Bonchev–Trinajstić information content (AvgIpc) is 3.09. The molecule has 0 fully saturated rings. The quantitative estimate of drug-likeness (QED) is 0.786. The summed E-state index contributed by atoms with van der Waals surface area (Å²) in [4.78, 5) is 17.5. The number of nitrogens with zero attached hydrogens (tertiary/aromatic N) is 2. The van der Waals surface area contributed by atoms with Gasteiger partial charge < -0.3 is 10.0 Å². The van der Waals surface area contributed by atoms with Crippen LogP contribution in [0.5, 0.6) is 0 Å². The molecule has 0 saturated heterocycles. The van der Waals surface area contributed by atoms with E-state index in [0.717, 1.165) is 27.4 Å². The summed E-state index contributed by atoms with van der Waals surface area (Å²) < 4.78 is 14.3. The molecule has 2 heterocycles. The zero-order valence-electron chi connectivity index (χ0n) is 12.8. The van der Waals surface area contributed by atoms with E-state index in [-0.39, 0.29) is 18.3 Å². The maximum Gasteiger partial charge on any atom is 0.323 e. The molecule has 6 heteroatoms. The second-order valence-corrected chi connectivity index (χ2v) is 7.07. The van der Waals surface area contributed by atoms with Gasteiger partial charge >= 0.3 is 5.97 Å². The molecule has 1 unspecified atom stereocenters. The first kappa shape index (κ1) is 15.1. The normalized spacial score (nSPS) is 16.5. The number of anilines is 1. The highest BCUT2D eigenvalue weighted by molar-refractivity contribution is 7.18. The molecule has 0 aliphatic carbocycles. The average molecular weight is 342 g/mol. The van der Waals surface area contributed by atoms with Crippen molar-refractivity contribution < 1.29 is 14.3 Å². The number of rotatable bonds is 4. The van der Waals surface area contributed by atoms with Crippen molar-refractivity contribution in [2.45, 2.75) is 12.3 Å². The number of hydrogen-bond acceptors (Lipinski definition) is 4. The summed E-state index contributed by atoms with van der Waals surface area (Å²) in [5.74, 6) is -0.912. The summed E-state index contributed by atoms with van der Waals surface area (Å²) in [6.45, 7) is 0.661. The molecule has 3 aromatic rings. The van der Waals surface area contributed by atoms with Gasteiger partial charge in [-0.25, -0.2) is 9.37 Å². The number of hydrogen-bond donors (Lipinski definition) is 1. The summed E-state index contributed by atoms with van der Waals surface area (Å²) >= 11 is 1.57. The van der Waals surface area contributed by atoms with Crippen LogP contribution in [0.15, 0.2) is 42.5 Å². The van der Waals surface area contributed by atoms with E-state index in [0.29, 0.717) is 12.1 Å². The molecule has 1 N–H and O–H groups in total. The molecular formula is C18H15FN2O2S. The van der Waals surface area contributed by atoms with Crippen LogP contribution in [-0.4, -0.2) is 29.1 Å². The van der Waals surface area contributed by atoms with Crippen LogP contribution >= 0.6 is 11.3 Å². The SMILES string of the molecule is O=C(O)CN1CC(Cc2nc3cc(F)ccc3s2)c2ccccc21. The van der Waals surface area contributed by atoms with Gasteiger partial charge in [0.05, 0.1) is 15.2 Å². The minimum Gasteiger partial charge on any atom is -0.480 e. The van der Waals surface area contributed by atoms with E-state index in [4.69, 9.17) is 5.11 Å². The molecule has 4 nitrogen and oxygen atoms in total. The molecule has 1 atom stereocenters. The van der Waals surface area contributed by atoms with Gasteiger partial charge in [-0.3, -0.25) is 4.79 Å². The molecule has 1 aromatic heterocycles. The molecule has 4 rings (SSSR count). The first-order chi connectivity index (χ1) is 11.6. The summed E-state index contributed by atoms with van der Waals surface area (Å²) in [6.07, 6.45) is 0.730. The van der Waals surface area contributed by atoms with Crippen molar-refractivity contribution in [1.82, 2.24) is 4.98 Å². The standard InChI is InChI=1S/C18H15FN2O2S/c19-12-5-6-16-14(8-12)20-17(24-16)7-11-9-21(10-18(22)23)15-4-2-1-3-13(11)15/h1-6,8,11H,7,9-10H2,(H,22,23). The lowest BCUT2D eigenvalue weighted by Crippen LogP contribution is -2.28. The molecule has 0 spiro atoms. The van der Waals surface area contributed by atoms with Gasteiger partial charge in [0.25, 0.3) is 0 Å². The zero-order chi connectivity index (χ0) is 16.7. The Kier molecular flexibility index (Phi) is 3.69. The van der Waals surface area contributed by atoms with E-state index in [1.54, 1.807) is 17.4 Å². The van der Waals surface area contributed by atoms with E-state index in [1.165, 1.54) is 12.1 Å². The smallest absolute Gasteiger partial charge is 0.323 e. The maximum absolute atomic E-state index is 13.3. The number of carboxylic acid groups (broad SMARTS) is 1. The Hall–Kier alpha value is -2.47. The highest BCUT2D eigenvalue weighted by Crippen LogP contribution is 2.38. The van der Waals surface area contributed by atoms with E-state index in [2.05, 4.69) is 11.1 Å². The van der Waals surface area contributed by atoms with Crippen LogP contribution in [0, 0.1) is 5.82 Å². The Morgan fingerprint density at radius 2 is 2.17 bits per heavy atom. The Morgan fingerprint density at radius 1 is 1.33 bits per heavy atom. The molecule has 24 heavy (non-hydrogen) atoms. The van der Waals surface area contributed by atoms with Crippen molar-refractivity contribution in [2.75, 3.05) is 18.0 Å². The molecule has 0 radical (unpaired) electrons. The molecule has 0 saturated carbocycles. The van der Waals surface area contributed by atoms with Crippen LogP contribution in [0.1, 0.15) is 16.5 Å². The van der Waals surface area contributed by atoms with Crippen molar-refractivity contribution in [3.63, 3.8) is 0 Å². The highest BCUT2D eigenvalue weighted by Gasteiger charge is 2.30. The minimum absolute atomic E-state index is 0.00142. The Labute approximate surface area is 142 Å². The van der Waals surface area contributed by atoms with E-state index in [9.17, 15) is 9.18 Å². The fraction of sp³-hybridized carbons (Fsp3) is 0.222. The first-order valence-corrected chi connectivity index (χ1v) is 8.52. The molecule has 1 aliphatic rings. The Morgan fingerprint density at radius 3 is 3.00 bits per heavy atom. The van der Waals surface area contributed by atoms with Crippen LogP contribution in [0.2, 0.25) is 0 Å². The Bertz CT molecular complexity index is 924. The van der Waals surface area contributed by atoms with Gasteiger partial charge in [-0.2, -0.15) is 0 Å².